The molecular formula is C60H38N2O. The van der Waals surface area contributed by atoms with Gasteiger partial charge in [0.05, 0.1) is 22.4 Å². The van der Waals surface area contributed by atoms with Gasteiger partial charge in [0.15, 0.2) is 11.5 Å². The maximum absolute atomic E-state index is 6.44. The number of ether oxygens (including phenoxy) is 1. The predicted octanol–water partition coefficient (Wildman–Crippen LogP) is 16.8. The molecule has 0 aliphatic carbocycles. The van der Waals surface area contributed by atoms with Crippen LogP contribution in [-0.2, 0) is 0 Å². The maximum atomic E-state index is 6.44. The molecule has 0 fully saturated rings. The molecule has 0 saturated heterocycles. The zero-order valence-corrected chi connectivity index (χ0v) is 34.2. The lowest BCUT2D eigenvalue weighted by atomic mass is 9.97. The molecular weight excluding hydrogens is 765 g/mol. The highest BCUT2D eigenvalue weighted by Gasteiger charge is 2.24. The van der Waals surface area contributed by atoms with Crippen molar-refractivity contribution in [2.45, 2.75) is 0 Å². The third kappa shape index (κ3) is 5.75. The second kappa shape index (κ2) is 14.1. The quantitative estimate of drug-likeness (QED) is 0.156. The normalized spacial score (nSPS) is 11.9. The van der Waals surface area contributed by atoms with E-state index in [1.165, 1.54) is 65.3 Å². The average molecular weight is 803 g/mol. The molecule has 0 spiro atoms. The number of hydrogen-bond donors (Lipinski definition) is 0. The monoisotopic (exact) mass is 802 g/mol. The third-order valence-corrected chi connectivity index (χ3v) is 12.9. The molecule has 0 N–H and O–H groups in total. The maximum Gasteiger partial charge on any atom is 0.152 e. The van der Waals surface area contributed by atoms with Crippen LogP contribution in [0.4, 0.5) is 17.1 Å². The molecule has 11 aromatic carbocycles. The summed E-state index contributed by atoms with van der Waals surface area (Å²) in [6.45, 7) is 0. The van der Waals surface area contributed by atoms with Crippen molar-refractivity contribution < 1.29 is 4.74 Å². The van der Waals surface area contributed by atoms with Gasteiger partial charge in [0.25, 0.3) is 0 Å². The van der Waals surface area contributed by atoms with Gasteiger partial charge in [0.1, 0.15) is 0 Å². The standard InChI is InChI=1S/C60H38N2O/c1-2-12-43-36-44(22-20-39(43)10-1)40-24-30-48(31-25-40)61(49-32-26-41(27-33-49)45-28-34-51-46(37-45)23-21-42-11-3-4-13-50(42)51)55-16-6-5-14-52(55)47-29-35-56-54(38-47)53-15-9-19-59-60(53)62(56)57-17-7-8-18-58(57)63-59/h1-38H. The zero-order chi connectivity index (χ0) is 41.4. The molecule has 1 aliphatic rings. The molecule has 0 radical (unpaired) electrons. The topological polar surface area (TPSA) is 17.4 Å². The first kappa shape index (κ1) is 35.4. The van der Waals surface area contributed by atoms with E-state index in [1.54, 1.807) is 0 Å². The van der Waals surface area contributed by atoms with Gasteiger partial charge in [-0.25, -0.2) is 0 Å². The number of nitrogens with zero attached hydrogens (tertiary/aromatic N) is 2. The second-order valence-corrected chi connectivity index (χ2v) is 16.5. The largest absolute Gasteiger partial charge is 0.453 e. The molecule has 63 heavy (non-hydrogen) atoms. The Morgan fingerprint density at radius 3 is 1.73 bits per heavy atom. The van der Waals surface area contributed by atoms with Crippen LogP contribution in [0.25, 0.3) is 93.2 Å². The van der Waals surface area contributed by atoms with Crippen molar-refractivity contribution in [3.05, 3.63) is 231 Å². The summed E-state index contributed by atoms with van der Waals surface area (Å²) in [5.41, 5.74) is 13.6. The van der Waals surface area contributed by atoms with Gasteiger partial charge in [-0.3, -0.25) is 0 Å². The summed E-state index contributed by atoms with van der Waals surface area (Å²) < 4.78 is 8.80. The molecule has 0 saturated carbocycles. The van der Waals surface area contributed by atoms with Gasteiger partial charge < -0.3 is 14.2 Å². The highest BCUT2D eigenvalue weighted by atomic mass is 16.5. The van der Waals surface area contributed by atoms with Crippen molar-refractivity contribution in [1.29, 1.82) is 0 Å². The van der Waals surface area contributed by atoms with Crippen LogP contribution in [-0.4, -0.2) is 4.57 Å². The Balaban J connectivity index is 0.943. The van der Waals surface area contributed by atoms with Crippen molar-refractivity contribution in [3.63, 3.8) is 0 Å². The van der Waals surface area contributed by atoms with Gasteiger partial charge in [0.2, 0.25) is 0 Å². The van der Waals surface area contributed by atoms with Crippen LogP contribution in [0, 0.1) is 0 Å². The van der Waals surface area contributed by atoms with Crippen LogP contribution in [0.5, 0.6) is 11.5 Å². The molecule has 0 bridgehead atoms. The molecule has 1 aliphatic heterocycles. The fourth-order valence-electron chi connectivity index (χ4n) is 9.89. The minimum absolute atomic E-state index is 0.868. The van der Waals surface area contributed by atoms with Gasteiger partial charge in [-0.2, -0.15) is 0 Å². The number of hydrogen-bond acceptors (Lipinski definition) is 2. The number of para-hydroxylation sites is 4. The van der Waals surface area contributed by atoms with Gasteiger partial charge in [0, 0.05) is 27.7 Å². The zero-order valence-electron chi connectivity index (χ0n) is 34.2. The molecule has 13 rings (SSSR count). The molecule has 0 amide bonds. The lowest BCUT2D eigenvalue weighted by Gasteiger charge is -2.28. The van der Waals surface area contributed by atoms with Crippen molar-refractivity contribution in [2.24, 2.45) is 0 Å². The first-order valence-electron chi connectivity index (χ1n) is 21.6. The van der Waals surface area contributed by atoms with Gasteiger partial charge in [-0.05, 0) is 133 Å². The summed E-state index contributed by atoms with van der Waals surface area (Å²) in [6, 6.07) is 83.7. The van der Waals surface area contributed by atoms with Crippen molar-refractivity contribution in [2.75, 3.05) is 4.90 Å². The van der Waals surface area contributed by atoms with Crippen LogP contribution in [0.3, 0.4) is 0 Å². The van der Waals surface area contributed by atoms with Crippen LogP contribution in [0.2, 0.25) is 0 Å². The lowest BCUT2D eigenvalue weighted by Crippen LogP contribution is -2.11. The highest BCUT2D eigenvalue weighted by Crippen LogP contribution is 2.47. The first-order chi connectivity index (χ1) is 31.2. The smallest absolute Gasteiger partial charge is 0.152 e. The van der Waals surface area contributed by atoms with Crippen molar-refractivity contribution in [3.8, 4) is 50.6 Å². The summed E-state index contributed by atoms with van der Waals surface area (Å²) in [5, 5.41) is 9.92. The fourth-order valence-corrected chi connectivity index (χ4v) is 9.89. The van der Waals surface area contributed by atoms with Crippen LogP contribution < -0.4 is 9.64 Å². The highest BCUT2D eigenvalue weighted by molar-refractivity contribution is 6.13. The van der Waals surface area contributed by atoms with Gasteiger partial charge in [-0.15, -0.1) is 0 Å². The van der Waals surface area contributed by atoms with E-state index in [2.05, 4.69) is 228 Å². The molecule has 294 valence electrons. The van der Waals surface area contributed by atoms with E-state index < -0.39 is 0 Å². The summed E-state index contributed by atoms with van der Waals surface area (Å²) in [5.74, 6) is 1.75. The number of anilines is 3. The Morgan fingerprint density at radius 1 is 0.333 bits per heavy atom. The number of rotatable bonds is 6. The van der Waals surface area contributed by atoms with E-state index in [0.717, 1.165) is 56.4 Å². The molecule has 0 atom stereocenters. The first-order valence-corrected chi connectivity index (χ1v) is 21.6. The average Bonchev–Trinajstić information content (AvgIpc) is 3.69. The van der Waals surface area contributed by atoms with E-state index in [4.69, 9.17) is 4.74 Å². The Labute approximate surface area is 364 Å². The Bertz CT molecular complexity index is 3770. The fraction of sp³-hybridized carbons (Fsp3) is 0. The van der Waals surface area contributed by atoms with E-state index in [-0.39, 0.29) is 0 Å². The van der Waals surface area contributed by atoms with Gasteiger partial charge in [-0.1, -0.05) is 158 Å². The van der Waals surface area contributed by atoms with Crippen molar-refractivity contribution >= 4 is 71.2 Å². The molecule has 2 heterocycles. The summed E-state index contributed by atoms with van der Waals surface area (Å²) in [6.07, 6.45) is 0. The van der Waals surface area contributed by atoms with Gasteiger partial charge >= 0.3 is 0 Å². The third-order valence-electron chi connectivity index (χ3n) is 12.9. The molecule has 12 aromatic rings. The molecule has 3 nitrogen and oxygen atoms in total. The van der Waals surface area contributed by atoms with Crippen molar-refractivity contribution in [1.82, 2.24) is 4.57 Å². The summed E-state index contributed by atoms with van der Waals surface area (Å²) >= 11 is 0. The SMILES string of the molecule is c1ccc2c(c1)Oc1cccc3c4cc(-c5ccccc5N(c5ccc(-c6ccc7ccccc7c6)cc5)c5ccc(-c6ccc7c(ccc8ccccc87)c6)cc5)ccc4n-2c13. The van der Waals surface area contributed by atoms with Crippen LogP contribution in [0.15, 0.2) is 231 Å². The number of benzene rings is 11. The predicted molar refractivity (Wildman–Crippen MR) is 264 cm³/mol. The van der Waals surface area contributed by atoms with E-state index in [9.17, 15) is 0 Å². The van der Waals surface area contributed by atoms with Crippen LogP contribution in [0.1, 0.15) is 0 Å². The van der Waals surface area contributed by atoms with E-state index in [1.807, 2.05) is 12.1 Å². The minimum atomic E-state index is 0.868. The second-order valence-electron chi connectivity index (χ2n) is 16.5. The minimum Gasteiger partial charge on any atom is -0.453 e. The molecule has 3 heteroatoms. The molecule has 1 aromatic heterocycles. The summed E-state index contributed by atoms with van der Waals surface area (Å²) in [7, 11) is 0. The summed E-state index contributed by atoms with van der Waals surface area (Å²) in [4.78, 5) is 2.40. The number of fused-ring (bicyclic) bond motifs is 9. The van der Waals surface area contributed by atoms with Crippen LogP contribution >= 0.6 is 0 Å². The Hall–Kier alpha value is -8.40. The number of aromatic nitrogens is 1. The lowest BCUT2D eigenvalue weighted by molar-refractivity contribution is 0.476. The van der Waals surface area contributed by atoms with E-state index >= 15 is 0 Å². The Morgan fingerprint density at radius 2 is 0.905 bits per heavy atom. The van der Waals surface area contributed by atoms with E-state index in [0.29, 0.717) is 0 Å². The molecule has 0 unspecified atom stereocenters. The Kier molecular flexibility index (Phi) is 7.91.